The molecule has 3 aliphatic rings. The average molecular weight is 531 g/mol. The lowest BCUT2D eigenvalue weighted by molar-refractivity contribution is -0.137. The van der Waals surface area contributed by atoms with Gasteiger partial charge in [-0.15, -0.1) is 0 Å². The number of aromatic nitrogens is 2. The summed E-state index contributed by atoms with van der Waals surface area (Å²) in [4.78, 5) is 36.1. The van der Waals surface area contributed by atoms with Crippen LogP contribution in [-0.2, 0) is 16.6 Å². The van der Waals surface area contributed by atoms with Crippen LogP contribution in [0.5, 0.6) is 0 Å². The summed E-state index contributed by atoms with van der Waals surface area (Å²) in [5, 5.41) is 13.7. The molecule has 1 saturated heterocycles. The van der Waals surface area contributed by atoms with E-state index in [1.165, 1.54) is 12.1 Å². The fourth-order valence-electron chi connectivity index (χ4n) is 5.74. The number of carbonyl (C=O) groups excluding carboxylic acids is 2. The molecule has 1 aromatic carbocycles. The van der Waals surface area contributed by atoms with Gasteiger partial charge in [-0.1, -0.05) is 6.07 Å². The minimum Gasteiger partial charge on any atom is -0.385 e. The molecule has 3 fully saturated rings. The second kappa shape index (κ2) is 10.7. The zero-order chi connectivity index (χ0) is 26.9. The summed E-state index contributed by atoms with van der Waals surface area (Å²) in [5.41, 5.74) is -1.13. The van der Waals surface area contributed by atoms with Crippen LogP contribution < -0.4 is 5.32 Å². The Morgan fingerprint density at radius 3 is 2.45 bits per heavy atom. The molecule has 7 nitrogen and oxygen atoms in total. The molecule has 5 rings (SSSR count). The van der Waals surface area contributed by atoms with Crippen molar-refractivity contribution in [2.75, 3.05) is 19.6 Å². The number of aliphatic hydroxyl groups is 1. The lowest BCUT2D eigenvalue weighted by atomic mass is 9.78. The van der Waals surface area contributed by atoms with E-state index in [-0.39, 0.29) is 23.8 Å². The summed E-state index contributed by atoms with van der Waals surface area (Å²) in [6.45, 7) is 1.47. The standard InChI is InChI=1S/C28H33F3N4O3/c29-28(30,31)21-3-1-2-20(13-21)26(37)34-16-24(36)12-18-8-11-35(17-18)23-6-9-27(38,10-7-23)22-14-32-25(33-15-22)19-4-5-19/h1-3,13-15,18-19,23,38H,4-12,16-17H2,(H,34,37)/t18-,23?,27?/m0/s1. The highest BCUT2D eigenvalue weighted by Gasteiger charge is 2.39. The fraction of sp³-hybridized carbons (Fsp3) is 0.571. The van der Waals surface area contributed by atoms with E-state index in [9.17, 15) is 27.9 Å². The van der Waals surface area contributed by atoms with Crippen molar-refractivity contribution in [1.82, 2.24) is 20.2 Å². The molecule has 2 aromatic rings. The molecule has 10 heteroatoms. The fourth-order valence-corrected chi connectivity index (χ4v) is 5.74. The van der Waals surface area contributed by atoms with Gasteiger partial charge in [-0.2, -0.15) is 13.2 Å². The third-order valence-electron chi connectivity index (χ3n) is 8.18. The highest BCUT2D eigenvalue weighted by molar-refractivity contribution is 5.96. The Bertz CT molecular complexity index is 1160. The number of hydrogen-bond acceptors (Lipinski definition) is 6. The molecule has 1 aliphatic heterocycles. The molecule has 1 amide bonds. The molecule has 1 aromatic heterocycles. The minimum absolute atomic E-state index is 0.123. The van der Waals surface area contributed by atoms with Crippen LogP contribution >= 0.6 is 0 Å². The van der Waals surface area contributed by atoms with E-state index in [1.54, 1.807) is 12.4 Å². The van der Waals surface area contributed by atoms with Crippen LogP contribution in [0.1, 0.15) is 84.6 Å². The molecule has 204 valence electrons. The molecule has 0 bridgehead atoms. The van der Waals surface area contributed by atoms with E-state index in [1.807, 2.05) is 0 Å². The Balaban J connectivity index is 1.05. The van der Waals surface area contributed by atoms with Gasteiger partial charge in [0.1, 0.15) is 5.82 Å². The van der Waals surface area contributed by atoms with Crippen molar-refractivity contribution in [2.45, 2.75) is 75.1 Å². The number of amides is 1. The van der Waals surface area contributed by atoms with Crippen LogP contribution in [0.3, 0.4) is 0 Å². The minimum atomic E-state index is -4.53. The molecular formula is C28H33F3N4O3. The van der Waals surface area contributed by atoms with Gasteiger partial charge < -0.3 is 15.3 Å². The van der Waals surface area contributed by atoms with E-state index in [2.05, 4.69) is 20.2 Å². The van der Waals surface area contributed by atoms with Gasteiger partial charge in [0.15, 0.2) is 5.78 Å². The molecule has 0 unspecified atom stereocenters. The number of benzene rings is 1. The number of halogens is 3. The Labute approximate surface area is 219 Å². The highest BCUT2D eigenvalue weighted by atomic mass is 19.4. The van der Waals surface area contributed by atoms with Crippen LogP contribution in [-0.4, -0.2) is 57.3 Å². The molecule has 2 heterocycles. The largest absolute Gasteiger partial charge is 0.416 e. The quantitative estimate of drug-likeness (QED) is 0.531. The molecular weight excluding hydrogens is 497 g/mol. The van der Waals surface area contributed by atoms with Gasteiger partial charge in [0.25, 0.3) is 5.91 Å². The number of ketones is 1. The predicted octanol–water partition coefficient (Wildman–Crippen LogP) is 4.21. The number of carbonyl (C=O) groups is 2. The molecule has 2 aliphatic carbocycles. The molecule has 1 atom stereocenters. The predicted molar refractivity (Wildman–Crippen MR) is 133 cm³/mol. The summed E-state index contributed by atoms with van der Waals surface area (Å²) < 4.78 is 38.7. The van der Waals surface area contributed by atoms with Crippen molar-refractivity contribution < 1.29 is 27.9 Å². The monoisotopic (exact) mass is 530 g/mol. The van der Waals surface area contributed by atoms with Crippen molar-refractivity contribution in [1.29, 1.82) is 0 Å². The molecule has 0 radical (unpaired) electrons. The zero-order valence-corrected chi connectivity index (χ0v) is 21.2. The van der Waals surface area contributed by atoms with Crippen molar-refractivity contribution in [3.05, 3.63) is 59.2 Å². The van der Waals surface area contributed by atoms with Gasteiger partial charge in [0, 0.05) is 48.4 Å². The van der Waals surface area contributed by atoms with Crippen LogP contribution in [0.2, 0.25) is 0 Å². The van der Waals surface area contributed by atoms with Crippen molar-refractivity contribution in [2.24, 2.45) is 5.92 Å². The Hall–Kier alpha value is -2.85. The third-order valence-corrected chi connectivity index (χ3v) is 8.18. The van der Waals surface area contributed by atoms with Crippen LogP contribution in [0.15, 0.2) is 36.7 Å². The van der Waals surface area contributed by atoms with Gasteiger partial charge >= 0.3 is 6.18 Å². The van der Waals surface area contributed by atoms with E-state index in [0.717, 1.165) is 68.7 Å². The first-order valence-electron chi connectivity index (χ1n) is 13.4. The maximum atomic E-state index is 12.9. The Morgan fingerprint density at radius 1 is 1.08 bits per heavy atom. The summed E-state index contributed by atoms with van der Waals surface area (Å²) in [7, 11) is 0. The number of alkyl halides is 3. The normalized spacial score (nSPS) is 26.3. The Kier molecular flexibility index (Phi) is 7.55. The molecule has 2 saturated carbocycles. The van der Waals surface area contributed by atoms with E-state index in [0.29, 0.717) is 31.2 Å². The van der Waals surface area contributed by atoms with Gasteiger partial charge in [-0.25, -0.2) is 9.97 Å². The number of nitrogens with zero attached hydrogens (tertiary/aromatic N) is 3. The lowest BCUT2D eigenvalue weighted by Crippen LogP contribution is -2.41. The number of hydrogen-bond donors (Lipinski definition) is 2. The molecule has 2 N–H and O–H groups in total. The van der Waals surface area contributed by atoms with E-state index in [4.69, 9.17) is 0 Å². The first-order valence-corrected chi connectivity index (χ1v) is 13.4. The molecule has 0 spiro atoms. The summed E-state index contributed by atoms with van der Waals surface area (Å²) in [5.74, 6) is 0.705. The van der Waals surface area contributed by atoms with E-state index < -0.39 is 23.2 Å². The van der Waals surface area contributed by atoms with E-state index >= 15 is 0 Å². The lowest BCUT2D eigenvalue weighted by Gasteiger charge is -2.39. The summed E-state index contributed by atoms with van der Waals surface area (Å²) in [6, 6.07) is 4.52. The summed E-state index contributed by atoms with van der Waals surface area (Å²) >= 11 is 0. The zero-order valence-electron chi connectivity index (χ0n) is 21.2. The van der Waals surface area contributed by atoms with Crippen molar-refractivity contribution in [3.8, 4) is 0 Å². The first-order chi connectivity index (χ1) is 18.1. The topological polar surface area (TPSA) is 95.4 Å². The van der Waals surface area contributed by atoms with Gasteiger partial charge in [0.05, 0.1) is 17.7 Å². The average Bonchev–Trinajstić information content (AvgIpc) is 3.66. The van der Waals surface area contributed by atoms with Gasteiger partial charge in [-0.05, 0) is 75.6 Å². The van der Waals surface area contributed by atoms with Crippen molar-refractivity contribution >= 4 is 11.7 Å². The summed E-state index contributed by atoms with van der Waals surface area (Å²) in [6.07, 6.45) is 5.51. The number of Topliss-reactive ketones (excluding diaryl/α,β-unsaturated/α-hetero) is 1. The number of nitrogens with one attached hydrogen (secondary N) is 1. The Morgan fingerprint density at radius 2 is 1.79 bits per heavy atom. The van der Waals surface area contributed by atoms with Gasteiger partial charge in [0.2, 0.25) is 0 Å². The maximum absolute atomic E-state index is 12.9. The maximum Gasteiger partial charge on any atom is 0.416 e. The molecule has 38 heavy (non-hydrogen) atoms. The smallest absolute Gasteiger partial charge is 0.385 e. The van der Waals surface area contributed by atoms with Gasteiger partial charge in [-0.3, -0.25) is 9.59 Å². The van der Waals surface area contributed by atoms with Crippen LogP contribution in [0.25, 0.3) is 0 Å². The highest BCUT2D eigenvalue weighted by Crippen LogP contribution is 2.41. The SMILES string of the molecule is O=C(CNC(=O)c1cccc(C(F)(F)F)c1)C[C@@H]1CCN(C2CCC(O)(c3cnc(C4CC4)nc3)CC2)C1. The number of likely N-dealkylation sites (tertiary alicyclic amines) is 1. The number of rotatable bonds is 8. The second-order valence-corrected chi connectivity index (χ2v) is 11.0. The first kappa shape index (κ1) is 26.7. The van der Waals surface area contributed by atoms with Crippen LogP contribution in [0.4, 0.5) is 13.2 Å². The van der Waals surface area contributed by atoms with Crippen molar-refractivity contribution in [3.63, 3.8) is 0 Å². The third kappa shape index (κ3) is 6.23. The van der Waals surface area contributed by atoms with Crippen LogP contribution in [0, 0.1) is 5.92 Å². The second-order valence-electron chi connectivity index (χ2n) is 11.0.